The van der Waals surface area contributed by atoms with Crippen molar-refractivity contribution in [1.29, 1.82) is 0 Å². The molecule has 1 aromatic heterocycles. The predicted molar refractivity (Wildman–Crippen MR) is 80.7 cm³/mol. The molecule has 2 unspecified atom stereocenters. The highest BCUT2D eigenvalue weighted by molar-refractivity contribution is 6.03. The highest BCUT2D eigenvalue weighted by atomic mass is 16.4. The van der Waals surface area contributed by atoms with Crippen molar-refractivity contribution >= 4 is 22.8 Å². The smallest absolute Gasteiger partial charge is 0.332 e. The number of nitrogens with zero attached hydrogens (tertiary/aromatic N) is 2. The lowest BCUT2D eigenvalue weighted by Gasteiger charge is -2.17. The van der Waals surface area contributed by atoms with Crippen molar-refractivity contribution in [1.82, 2.24) is 15.4 Å². The van der Waals surface area contributed by atoms with E-state index < -0.39 is 36.1 Å². The third kappa shape index (κ3) is 3.69. The standard InChI is InChI=1S/C13H15N5O5/c14-13(23)18-17-9(11(21)8(20)5-19)10-12(22)16-7-4-2-1-3-6(7)15-10/h1-4,8,11,19-21H,5H2,(H,16,22)(H3,14,18,23). The highest BCUT2D eigenvalue weighted by Gasteiger charge is 2.27. The number of aromatic nitrogens is 2. The Hall–Kier alpha value is -2.82. The molecule has 10 nitrogen and oxygen atoms in total. The normalized spacial score (nSPS) is 14.5. The molecule has 23 heavy (non-hydrogen) atoms. The van der Waals surface area contributed by atoms with E-state index in [-0.39, 0.29) is 5.69 Å². The quantitative estimate of drug-likeness (QED) is 0.274. The monoisotopic (exact) mass is 321 g/mol. The van der Waals surface area contributed by atoms with E-state index in [9.17, 15) is 19.8 Å². The molecule has 0 saturated carbocycles. The number of carbonyl (C=O) groups excluding carboxylic acids is 1. The third-order valence-corrected chi connectivity index (χ3v) is 2.96. The van der Waals surface area contributed by atoms with Crippen molar-refractivity contribution in [3.8, 4) is 0 Å². The first-order chi connectivity index (χ1) is 10.9. The number of benzene rings is 1. The van der Waals surface area contributed by atoms with Gasteiger partial charge in [0.1, 0.15) is 17.9 Å². The van der Waals surface area contributed by atoms with Crippen LogP contribution in [0.25, 0.3) is 11.0 Å². The molecule has 0 bridgehead atoms. The van der Waals surface area contributed by atoms with E-state index in [1.54, 1.807) is 24.3 Å². The fourth-order valence-electron chi connectivity index (χ4n) is 1.86. The number of hydrazone groups is 1. The summed E-state index contributed by atoms with van der Waals surface area (Å²) in [4.78, 5) is 29.5. The van der Waals surface area contributed by atoms with E-state index in [1.165, 1.54) is 0 Å². The molecule has 0 saturated heterocycles. The Morgan fingerprint density at radius 2 is 2.09 bits per heavy atom. The van der Waals surface area contributed by atoms with Gasteiger partial charge < -0.3 is 26.0 Å². The van der Waals surface area contributed by atoms with E-state index in [4.69, 9.17) is 10.8 Å². The average molecular weight is 321 g/mol. The van der Waals surface area contributed by atoms with Crippen LogP contribution in [0.4, 0.5) is 4.79 Å². The molecule has 2 aromatic rings. The lowest BCUT2D eigenvalue weighted by molar-refractivity contribution is 0.0183. The molecule has 0 radical (unpaired) electrons. The summed E-state index contributed by atoms with van der Waals surface area (Å²) < 4.78 is 0. The molecule has 2 atom stereocenters. The van der Waals surface area contributed by atoms with Crippen LogP contribution in [0.5, 0.6) is 0 Å². The lowest BCUT2D eigenvalue weighted by atomic mass is 10.1. The van der Waals surface area contributed by atoms with Crippen molar-refractivity contribution < 1.29 is 20.1 Å². The van der Waals surface area contributed by atoms with E-state index in [2.05, 4.69) is 15.1 Å². The number of hydrogen-bond donors (Lipinski definition) is 6. The number of carbonyl (C=O) groups is 1. The number of para-hydroxylation sites is 2. The lowest BCUT2D eigenvalue weighted by Crippen LogP contribution is -2.41. The second-order valence-corrected chi connectivity index (χ2v) is 4.60. The zero-order chi connectivity index (χ0) is 17.0. The Kier molecular flexibility index (Phi) is 5.01. The van der Waals surface area contributed by atoms with Gasteiger partial charge in [-0.3, -0.25) is 4.79 Å². The molecule has 2 rings (SSSR count). The molecule has 1 heterocycles. The Bertz CT molecular complexity index is 803. The zero-order valence-electron chi connectivity index (χ0n) is 11.8. The summed E-state index contributed by atoms with van der Waals surface area (Å²) >= 11 is 0. The van der Waals surface area contributed by atoms with Crippen LogP contribution >= 0.6 is 0 Å². The molecule has 2 amide bonds. The van der Waals surface area contributed by atoms with E-state index in [0.717, 1.165) is 0 Å². The number of aliphatic hydroxyl groups is 3. The van der Waals surface area contributed by atoms with Gasteiger partial charge in [0.25, 0.3) is 5.56 Å². The highest BCUT2D eigenvalue weighted by Crippen LogP contribution is 2.09. The summed E-state index contributed by atoms with van der Waals surface area (Å²) in [6.07, 6.45) is -3.39. The molecule has 7 N–H and O–H groups in total. The van der Waals surface area contributed by atoms with E-state index in [0.29, 0.717) is 11.0 Å². The first kappa shape index (κ1) is 16.5. The van der Waals surface area contributed by atoms with Gasteiger partial charge in [-0.1, -0.05) is 12.1 Å². The number of amides is 2. The summed E-state index contributed by atoms with van der Waals surface area (Å²) in [6.45, 7) is -0.789. The predicted octanol–water partition coefficient (Wildman–Crippen LogP) is -1.99. The van der Waals surface area contributed by atoms with Gasteiger partial charge in [0, 0.05) is 0 Å². The summed E-state index contributed by atoms with van der Waals surface area (Å²) in [5.41, 5.74) is 6.17. The summed E-state index contributed by atoms with van der Waals surface area (Å²) in [7, 11) is 0. The van der Waals surface area contributed by atoms with Crippen LogP contribution in [0.15, 0.2) is 34.2 Å². The Morgan fingerprint density at radius 1 is 1.39 bits per heavy atom. The maximum Gasteiger partial charge on any atom is 0.332 e. The van der Waals surface area contributed by atoms with Gasteiger partial charge in [0.2, 0.25) is 0 Å². The molecule has 0 aliphatic heterocycles. The fraction of sp³-hybridized carbons (Fsp3) is 0.231. The number of nitrogens with one attached hydrogen (secondary N) is 2. The van der Waals surface area contributed by atoms with Crippen LogP contribution in [-0.2, 0) is 0 Å². The van der Waals surface area contributed by atoms with Crippen molar-refractivity contribution in [2.45, 2.75) is 12.2 Å². The van der Waals surface area contributed by atoms with Gasteiger partial charge >= 0.3 is 6.03 Å². The van der Waals surface area contributed by atoms with Gasteiger partial charge in [0.05, 0.1) is 17.6 Å². The molecular weight excluding hydrogens is 306 g/mol. The molecule has 122 valence electrons. The van der Waals surface area contributed by atoms with Crippen LogP contribution in [0, 0.1) is 0 Å². The van der Waals surface area contributed by atoms with Crippen molar-refractivity contribution in [3.05, 3.63) is 40.3 Å². The molecule has 0 aliphatic rings. The minimum atomic E-state index is -1.76. The molecular formula is C13H15N5O5. The molecule has 0 spiro atoms. The SMILES string of the molecule is NC(=O)NN=C(c1nc2ccccc2[nH]c1=O)C(O)C(O)CO. The number of urea groups is 1. The molecule has 10 heteroatoms. The minimum absolute atomic E-state index is 0.322. The van der Waals surface area contributed by atoms with Crippen molar-refractivity contribution in [3.63, 3.8) is 0 Å². The third-order valence-electron chi connectivity index (χ3n) is 2.96. The second kappa shape index (κ2) is 6.96. The number of fused-ring (bicyclic) bond motifs is 1. The molecule has 1 aromatic carbocycles. The van der Waals surface area contributed by atoms with E-state index in [1.807, 2.05) is 5.43 Å². The number of H-pyrrole nitrogens is 1. The Balaban J connectivity index is 2.58. The Labute approximate surface area is 129 Å². The van der Waals surface area contributed by atoms with Gasteiger partial charge in [0.15, 0.2) is 5.69 Å². The van der Waals surface area contributed by atoms with Gasteiger partial charge in [-0.25, -0.2) is 15.2 Å². The minimum Gasteiger partial charge on any atom is -0.394 e. The Morgan fingerprint density at radius 3 is 2.74 bits per heavy atom. The maximum atomic E-state index is 12.1. The van der Waals surface area contributed by atoms with Crippen LogP contribution in [-0.4, -0.2) is 55.8 Å². The number of primary amides is 1. The topological polar surface area (TPSA) is 174 Å². The number of rotatable bonds is 5. The van der Waals surface area contributed by atoms with Gasteiger partial charge in [-0.05, 0) is 12.1 Å². The largest absolute Gasteiger partial charge is 0.394 e. The van der Waals surface area contributed by atoms with Crippen molar-refractivity contribution in [2.75, 3.05) is 6.61 Å². The summed E-state index contributed by atoms with van der Waals surface area (Å²) in [5.74, 6) is 0. The first-order valence-corrected chi connectivity index (χ1v) is 6.53. The van der Waals surface area contributed by atoms with Gasteiger partial charge in [-0.15, -0.1) is 0 Å². The van der Waals surface area contributed by atoms with Crippen molar-refractivity contribution in [2.24, 2.45) is 10.8 Å². The van der Waals surface area contributed by atoms with Crippen LogP contribution < -0.4 is 16.7 Å². The summed E-state index contributed by atoms with van der Waals surface area (Å²) in [6, 6.07) is 5.60. The average Bonchev–Trinajstić information content (AvgIpc) is 2.54. The number of nitrogens with two attached hydrogens (primary N) is 1. The van der Waals surface area contributed by atoms with Crippen LogP contribution in [0.3, 0.4) is 0 Å². The van der Waals surface area contributed by atoms with Crippen LogP contribution in [0.2, 0.25) is 0 Å². The van der Waals surface area contributed by atoms with Gasteiger partial charge in [-0.2, -0.15) is 5.10 Å². The first-order valence-electron chi connectivity index (χ1n) is 6.53. The number of aliphatic hydroxyl groups excluding tert-OH is 3. The zero-order valence-corrected chi connectivity index (χ0v) is 11.8. The summed E-state index contributed by atoms with van der Waals surface area (Å²) in [5, 5.41) is 32.0. The molecule has 0 fully saturated rings. The molecule has 0 aliphatic carbocycles. The number of hydrogen-bond acceptors (Lipinski definition) is 7. The van der Waals surface area contributed by atoms with E-state index >= 15 is 0 Å². The van der Waals surface area contributed by atoms with Crippen LogP contribution in [0.1, 0.15) is 5.69 Å². The fourth-order valence-corrected chi connectivity index (χ4v) is 1.86. The maximum absolute atomic E-state index is 12.1. The second-order valence-electron chi connectivity index (χ2n) is 4.60. The number of aromatic amines is 1.